The minimum atomic E-state index is -4.53. The van der Waals surface area contributed by atoms with Crippen LogP contribution >= 0.6 is 0 Å². The van der Waals surface area contributed by atoms with E-state index in [0.29, 0.717) is 0 Å². The summed E-state index contributed by atoms with van der Waals surface area (Å²) in [5.41, 5.74) is -0.101. The van der Waals surface area contributed by atoms with E-state index in [1.807, 2.05) is 0 Å². The second-order valence-electron chi connectivity index (χ2n) is 4.97. The number of ketones is 1. The van der Waals surface area contributed by atoms with E-state index in [9.17, 15) is 22.8 Å². The van der Waals surface area contributed by atoms with Crippen molar-refractivity contribution in [3.05, 3.63) is 17.7 Å². The third kappa shape index (κ3) is 2.42. The summed E-state index contributed by atoms with van der Waals surface area (Å²) in [6.07, 6.45) is -4.53. The zero-order chi connectivity index (χ0) is 16.1. The smallest absolute Gasteiger partial charge is 0.405 e. The van der Waals surface area contributed by atoms with E-state index in [4.69, 9.17) is 14.6 Å². The Bertz CT molecular complexity index is 658. The molecule has 0 amide bonds. The Morgan fingerprint density at radius 2 is 1.95 bits per heavy atom. The van der Waals surface area contributed by atoms with Crippen molar-refractivity contribution in [2.45, 2.75) is 6.18 Å². The van der Waals surface area contributed by atoms with E-state index >= 15 is 0 Å². The van der Waals surface area contributed by atoms with Crippen LogP contribution in [0.5, 0.6) is 11.5 Å². The van der Waals surface area contributed by atoms with E-state index in [1.54, 1.807) is 0 Å². The molecular formula is C13H10F3NO5. The van der Waals surface area contributed by atoms with Gasteiger partial charge < -0.3 is 19.5 Å². The largest absolute Gasteiger partial charge is 0.481 e. The van der Waals surface area contributed by atoms with Crippen molar-refractivity contribution in [2.24, 2.45) is 5.92 Å². The maximum Gasteiger partial charge on any atom is 0.405 e. The number of benzene rings is 1. The van der Waals surface area contributed by atoms with Gasteiger partial charge in [0.1, 0.15) is 12.5 Å². The highest BCUT2D eigenvalue weighted by Gasteiger charge is 2.42. The molecule has 6 nitrogen and oxygen atoms in total. The van der Waals surface area contributed by atoms with Gasteiger partial charge in [-0.1, -0.05) is 0 Å². The molecule has 0 saturated heterocycles. The number of nitrogens with zero attached hydrogens (tertiary/aromatic N) is 1. The first-order valence-corrected chi connectivity index (χ1v) is 6.28. The Morgan fingerprint density at radius 3 is 2.55 bits per heavy atom. The summed E-state index contributed by atoms with van der Waals surface area (Å²) < 4.78 is 48.3. The molecule has 0 bridgehead atoms. The normalized spacial score (nSPS) is 20.0. The second kappa shape index (κ2) is 4.79. The van der Waals surface area contributed by atoms with Gasteiger partial charge in [-0.15, -0.1) is 0 Å². The van der Waals surface area contributed by atoms with Gasteiger partial charge in [0.15, 0.2) is 17.3 Å². The minimum Gasteiger partial charge on any atom is -0.481 e. The van der Waals surface area contributed by atoms with Gasteiger partial charge in [0.2, 0.25) is 6.79 Å². The predicted molar refractivity (Wildman–Crippen MR) is 66.3 cm³/mol. The van der Waals surface area contributed by atoms with Crippen molar-refractivity contribution in [1.29, 1.82) is 0 Å². The molecule has 22 heavy (non-hydrogen) atoms. The lowest BCUT2D eigenvalue weighted by Gasteiger charge is -2.34. The van der Waals surface area contributed by atoms with Crippen molar-refractivity contribution in [3.8, 4) is 11.5 Å². The Labute approximate surface area is 122 Å². The molecule has 0 aliphatic carbocycles. The number of fused-ring (bicyclic) bond motifs is 2. The number of Topliss-reactive ketones (excluding diaryl/α,β-unsaturated/α-hetero) is 1. The molecule has 1 aromatic carbocycles. The van der Waals surface area contributed by atoms with Crippen LogP contribution in [0.2, 0.25) is 0 Å². The third-order valence-electron chi connectivity index (χ3n) is 3.48. The molecule has 118 valence electrons. The summed E-state index contributed by atoms with van der Waals surface area (Å²) in [5, 5.41) is 9.06. The second-order valence-corrected chi connectivity index (χ2v) is 4.97. The fourth-order valence-electron chi connectivity index (χ4n) is 2.54. The molecule has 2 heterocycles. The SMILES string of the molecule is O=C(O)C1CN(CC(F)(F)F)c2cc3c(cc2C1=O)OCO3. The Morgan fingerprint density at radius 1 is 1.32 bits per heavy atom. The van der Waals surface area contributed by atoms with E-state index in [1.165, 1.54) is 12.1 Å². The van der Waals surface area contributed by atoms with Gasteiger partial charge in [0.25, 0.3) is 0 Å². The van der Waals surface area contributed by atoms with E-state index in [-0.39, 0.29) is 29.5 Å². The maximum atomic E-state index is 12.7. The first-order chi connectivity index (χ1) is 10.3. The molecule has 2 aliphatic heterocycles. The van der Waals surface area contributed by atoms with Gasteiger partial charge >= 0.3 is 12.1 Å². The predicted octanol–water partition coefficient (Wildman–Crippen LogP) is 1.68. The first-order valence-electron chi connectivity index (χ1n) is 6.28. The number of aliphatic carboxylic acids is 1. The number of ether oxygens (including phenoxy) is 2. The van der Waals surface area contributed by atoms with E-state index < -0.39 is 36.9 Å². The van der Waals surface area contributed by atoms with Gasteiger partial charge in [-0.2, -0.15) is 13.2 Å². The highest BCUT2D eigenvalue weighted by Crippen LogP contribution is 2.42. The number of anilines is 1. The summed E-state index contributed by atoms with van der Waals surface area (Å²) in [7, 11) is 0. The number of carboxylic acid groups (broad SMARTS) is 1. The molecule has 3 rings (SSSR count). The number of halogens is 3. The molecule has 1 unspecified atom stereocenters. The topological polar surface area (TPSA) is 76.1 Å². The Hall–Kier alpha value is -2.45. The third-order valence-corrected chi connectivity index (χ3v) is 3.48. The van der Waals surface area contributed by atoms with Gasteiger partial charge in [0, 0.05) is 18.2 Å². The number of hydrogen-bond acceptors (Lipinski definition) is 5. The van der Waals surface area contributed by atoms with Crippen molar-refractivity contribution >= 4 is 17.4 Å². The summed E-state index contributed by atoms with van der Waals surface area (Å²) in [5.74, 6) is -3.30. The standard InChI is InChI=1S/C13H10F3NO5/c14-13(15,16)4-17-3-7(12(19)20)11(18)6-1-9-10(2-8(6)17)22-5-21-9/h1-2,7H,3-5H2,(H,19,20). The number of hydrogen-bond donors (Lipinski definition) is 1. The highest BCUT2D eigenvalue weighted by molar-refractivity contribution is 6.13. The molecule has 0 fully saturated rings. The van der Waals surface area contributed by atoms with Gasteiger partial charge in [-0.05, 0) is 6.07 Å². The van der Waals surface area contributed by atoms with Crippen molar-refractivity contribution < 1.29 is 37.3 Å². The maximum absolute atomic E-state index is 12.7. The summed E-state index contributed by atoms with van der Waals surface area (Å²) in [6.45, 7) is -1.99. The number of carbonyl (C=O) groups is 2. The number of carboxylic acids is 1. The van der Waals surface area contributed by atoms with E-state index in [0.717, 1.165) is 4.90 Å². The highest BCUT2D eigenvalue weighted by atomic mass is 19.4. The zero-order valence-corrected chi connectivity index (χ0v) is 11.0. The molecule has 0 radical (unpaired) electrons. The summed E-state index contributed by atoms with van der Waals surface area (Å²) in [4.78, 5) is 24.1. The number of rotatable bonds is 2. The molecule has 0 spiro atoms. The van der Waals surface area contributed by atoms with Crippen molar-refractivity contribution in [3.63, 3.8) is 0 Å². The Balaban J connectivity index is 2.08. The van der Waals surface area contributed by atoms with Crippen LogP contribution in [0, 0.1) is 5.92 Å². The Kier molecular flexibility index (Phi) is 3.15. The van der Waals surface area contributed by atoms with Crippen molar-refractivity contribution in [2.75, 3.05) is 24.8 Å². The van der Waals surface area contributed by atoms with Crippen LogP contribution in [-0.4, -0.2) is 42.9 Å². The van der Waals surface area contributed by atoms with Gasteiger partial charge in [-0.3, -0.25) is 9.59 Å². The van der Waals surface area contributed by atoms with Crippen LogP contribution in [-0.2, 0) is 4.79 Å². The average Bonchev–Trinajstić information content (AvgIpc) is 2.85. The lowest BCUT2D eigenvalue weighted by Crippen LogP contribution is -2.46. The summed E-state index contributed by atoms with van der Waals surface area (Å²) in [6, 6.07) is 2.51. The molecule has 9 heteroatoms. The molecule has 0 aromatic heterocycles. The van der Waals surface area contributed by atoms with Crippen LogP contribution in [0.15, 0.2) is 12.1 Å². The lowest BCUT2D eigenvalue weighted by atomic mass is 9.90. The minimum absolute atomic E-state index is 0.00377. The van der Waals surface area contributed by atoms with Crippen molar-refractivity contribution in [1.82, 2.24) is 0 Å². The quantitative estimate of drug-likeness (QED) is 0.837. The monoisotopic (exact) mass is 317 g/mol. The molecule has 2 aliphatic rings. The van der Waals surface area contributed by atoms with Crippen LogP contribution in [0.25, 0.3) is 0 Å². The van der Waals surface area contributed by atoms with Crippen LogP contribution < -0.4 is 14.4 Å². The zero-order valence-electron chi connectivity index (χ0n) is 11.0. The molecule has 1 N–H and O–H groups in total. The molecule has 1 aromatic rings. The van der Waals surface area contributed by atoms with E-state index in [2.05, 4.69) is 0 Å². The molecule has 0 saturated carbocycles. The fourth-order valence-corrected chi connectivity index (χ4v) is 2.54. The van der Waals surface area contributed by atoms with Crippen LogP contribution in [0.3, 0.4) is 0 Å². The van der Waals surface area contributed by atoms with Gasteiger partial charge in [-0.25, -0.2) is 0 Å². The fraction of sp³-hybridized carbons (Fsp3) is 0.385. The first kappa shape index (κ1) is 14.5. The number of carbonyl (C=O) groups excluding carboxylic acids is 1. The summed E-state index contributed by atoms with van der Waals surface area (Å²) >= 11 is 0. The average molecular weight is 317 g/mol. The van der Waals surface area contributed by atoms with Crippen LogP contribution in [0.4, 0.5) is 18.9 Å². The molecular weight excluding hydrogens is 307 g/mol. The van der Waals surface area contributed by atoms with Crippen LogP contribution in [0.1, 0.15) is 10.4 Å². The molecule has 1 atom stereocenters. The number of alkyl halides is 3. The lowest BCUT2D eigenvalue weighted by molar-refractivity contribution is -0.140. The van der Waals surface area contributed by atoms with Gasteiger partial charge in [0.05, 0.1) is 5.69 Å².